The number of rotatable bonds is 5. The van der Waals surface area contributed by atoms with E-state index in [1.54, 1.807) is 25.7 Å². The lowest BCUT2D eigenvalue weighted by Gasteiger charge is -2.30. The summed E-state index contributed by atoms with van der Waals surface area (Å²) in [6.07, 6.45) is 7.35. The molecule has 0 aromatic heterocycles. The van der Waals surface area contributed by atoms with Crippen LogP contribution in [0.25, 0.3) is 0 Å². The molecule has 11 heteroatoms. The highest BCUT2D eigenvalue weighted by molar-refractivity contribution is 5.97. The molecule has 0 radical (unpaired) electrons. The zero-order chi connectivity index (χ0) is 33.8. The molecule has 0 bridgehead atoms. The fourth-order valence-electron chi connectivity index (χ4n) is 7.04. The van der Waals surface area contributed by atoms with Crippen LogP contribution in [-0.2, 0) is 36.9 Å². The maximum atomic E-state index is 14.3. The number of nitrogens with zero attached hydrogens (tertiary/aromatic N) is 2. The lowest BCUT2D eigenvalue weighted by Crippen LogP contribution is -2.53. The highest BCUT2D eigenvalue weighted by atomic mass is 16.6. The number of ether oxygens (including phenoxy) is 2. The van der Waals surface area contributed by atoms with E-state index in [9.17, 15) is 24.0 Å². The quantitative estimate of drug-likeness (QED) is 0.428. The Labute approximate surface area is 277 Å². The molecule has 47 heavy (non-hydrogen) atoms. The summed E-state index contributed by atoms with van der Waals surface area (Å²) in [7, 11) is 0. The Kier molecular flexibility index (Phi) is 10.6. The van der Waals surface area contributed by atoms with Crippen LogP contribution in [0.2, 0.25) is 0 Å². The van der Waals surface area contributed by atoms with Crippen LogP contribution in [0.15, 0.2) is 36.4 Å². The Morgan fingerprint density at radius 1 is 1.04 bits per heavy atom. The van der Waals surface area contributed by atoms with E-state index in [2.05, 4.69) is 22.8 Å². The number of amides is 4. The molecule has 1 aromatic rings. The van der Waals surface area contributed by atoms with Crippen molar-refractivity contribution in [3.63, 3.8) is 0 Å². The van der Waals surface area contributed by atoms with E-state index in [1.807, 2.05) is 31.2 Å². The third-order valence-electron chi connectivity index (χ3n) is 9.62. The lowest BCUT2D eigenvalue weighted by molar-refractivity contribution is -0.140. The molecule has 256 valence electrons. The zero-order valence-corrected chi connectivity index (χ0v) is 28.2. The molecule has 1 aliphatic carbocycles. The van der Waals surface area contributed by atoms with Crippen LogP contribution in [0.5, 0.6) is 0 Å². The van der Waals surface area contributed by atoms with Crippen LogP contribution in [-0.4, -0.2) is 76.5 Å². The fraction of sp³-hybridized carbons (Fsp3) is 0.639. The molecule has 3 heterocycles. The first kappa shape index (κ1) is 34.4. The highest BCUT2D eigenvalue weighted by Gasteiger charge is 2.60. The molecule has 0 spiro atoms. The molecule has 2 fully saturated rings. The van der Waals surface area contributed by atoms with Gasteiger partial charge in [-0.25, -0.2) is 9.59 Å². The summed E-state index contributed by atoms with van der Waals surface area (Å²) < 4.78 is 11.4. The van der Waals surface area contributed by atoms with Gasteiger partial charge in [0.25, 0.3) is 0 Å². The predicted molar refractivity (Wildman–Crippen MR) is 175 cm³/mol. The van der Waals surface area contributed by atoms with Gasteiger partial charge in [0, 0.05) is 32.5 Å². The number of ketones is 1. The van der Waals surface area contributed by atoms with Gasteiger partial charge in [-0.05, 0) is 69.9 Å². The summed E-state index contributed by atoms with van der Waals surface area (Å²) in [6, 6.07) is 6.02. The molecule has 1 saturated heterocycles. The van der Waals surface area contributed by atoms with Crippen molar-refractivity contribution in [2.75, 3.05) is 13.1 Å². The molecular formula is C36H50N4O7. The summed E-state index contributed by atoms with van der Waals surface area (Å²) in [4.78, 5) is 71.1. The Hall–Kier alpha value is -3.89. The number of carbonyl (C=O) groups is 5. The van der Waals surface area contributed by atoms with E-state index in [0.717, 1.165) is 36.8 Å². The summed E-state index contributed by atoms with van der Waals surface area (Å²) >= 11 is 0. The van der Waals surface area contributed by atoms with Gasteiger partial charge in [0.1, 0.15) is 17.7 Å². The topological polar surface area (TPSA) is 134 Å². The summed E-state index contributed by atoms with van der Waals surface area (Å²) in [5.41, 5.74) is 0.504. The molecule has 3 aliphatic heterocycles. The standard InChI is InChI=1S/C36H50N4O7/c1-5-17-37-32(43)36-19-26(36)15-9-7-6-8-10-16-28(38-33(44)47-35(2,3)4)31(42)40-23-27(18-29(40)30(41)20-36)46-34(45)39-21-24-13-11-12-14-25(24)22-39/h9,11-15,26-29H,5-8,10,16-23H2,1-4H3,(H,37,43)(H,38,44)/b15-9-/t26-,27-,28+,29+,36-/m1/s1. The molecule has 0 unspecified atom stereocenters. The smallest absolute Gasteiger partial charge is 0.410 e. The first-order valence-corrected chi connectivity index (χ1v) is 17.2. The van der Waals surface area contributed by atoms with Crippen LogP contribution >= 0.6 is 0 Å². The van der Waals surface area contributed by atoms with Crippen molar-refractivity contribution >= 4 is 29.8 Å². The van der Waals surface area contributed by atoms with Gasteiger partial charge in [-0.1, -0.05) is 56.2 Å². The van der Waals surface area contributed by atoms with E-state index < -0.39 is 47.3 Å². The summed E-state index contributed by atoms with van der Waals surface area (Å²) in [5.74, 6) is -0.834. The molecule has 1 aromatic carbocycles. The lowest BCUT2D eigenvalue weighted by atomic mass is 9.90. The SMILES string of the molecule is CCCNC(=O)[C@]12CC(=O)[C@@H]3C[C@@H](OC(=O)N4Cc5ccccc5C4)CN3C(=O)[C@@H](NC(=O)OC(C)(C)C)CCCCC/C=C\[C@@H]1C2. The second-order valence-corrected chi connectivity index (χ2v) is 14.5. The van der Waals surface area contributed by atoms with Crippen LogP contribution in [0, 0.1) is 11.3 Å². The van der Waals surface area contributed by atoms with Gasteiger partial charge in [0.15, 0.2) is 5.78 Å². The number of carbonyl (C=O) groups excluding carboxylic acids is 5. The molecule has 4 aliphatic rings. The van der Waals surface area contributed by atoms with Gasteiger partial charge < -0.3 is 25.0 Å². The van der Waals surface area contributed by atoms with Crippen molar-refractivity contribution in [3.05, 3.63) is 47.5 Å². The van der Waals surface area contributed by atoms with Crippen LogP contribution in [0.1, 0.15) is 96.6 Å². The van der Waals surface area contributed by atoms with Crippen molar-refractivity contribution < 1.29 is 33.4 Å². The fourth-order valence-corrected chi connectivity index (χ4v) is 7.04. The largest absolute Gasteiger partial charge is 0.444 e. The maximum Gasteiger partial charge on any atom is 0.410 e. The van der Waals surface area contributed by atoms with Crippen LogP contribution < -0.4 is 10.6 Å². The highest BCUT2D eigenvalue weighted by Crippen LogP contribution is 2.57. The number of allylic oxidation sites excluding steroid dienone is 2. The Morgan fingerprint density at radius 3 is 2.45 bits per heavy atom. The minimum absolute atomic E-state index is 0.0156. The van der Waals surface area contributed by atoms with E-state index in [4.69, 9.17) is 9.47 Å². The number of nitrogens with one attached hydrogen (secondary N) is 2. The van der Waals surface area contributed by atoms with Crippen molar-refractivity contribution in [1.82, 2.24) is 20.4 Å². The number of hydrogen-bond acceptors (Lipinski definition) is 7. The average Bonchev–Trinajstić information content (AvgIpc) is 3.33. The predicted octanol–water partition coefficient (Wildman–Crippen LogP) is 5.01. The molecule has 5 atom stereocenters. The molecular weight excluding hydrogens is 600 g/mol. The molecule has 11 nitrogen and oxygen atoms in total. The maximum absolute atomic E-state index is 14.3. The van der Waals surface area contributed by atoms with Gasteiger partial charge >= 0.3 is 12.2 Å². The monoisotopic (exact) mass is 650 g/mol. The van der Waals surface area contributed by atoms with Crippen LogP contribution in [0.4, 0.5) is 9.59 Å². The normalized spacial score (nSPS) is 28.6. The summed E-state index contributed by atoms with van der Waals surface area (Å²) in [6.45, 7) is 8.64. The third-order valence-corrected chi connectivity index (χ3v) is 9.62. The van der Waals surface area contributed by atoms with Gasteiger partial charge in [0.2, 0.25) is 11.8 Å². The third kappa shape index (κ3) is 8.34. The number of hydrogen-bond donors (Lipinski definition) is 2. The molecule has 4 amide bonds. The second-order valence-electron chi connectivity index (χ2n) is 14.5. The summed E-state index contributed by atoms with van der Waals surface area (Å²) in [5, 5.41) is 5.76. The minimum Gasteiger partial charge on any atom is -0.444 e. The van der Waals surface area contributed by atoms with Crippen molar-refractivity contribution in [1.29, 1.82) is 0 Å². The first-order valence-electron chi connectivity index (χ1n) is 17.2. The van der Waals surface area contributed by atoms with Gasteiger partial charge in [-0.15, -0.1) is 0 Å². The number of fused-ring (bicyclic) bond motifs is 3. The zero-order valence-electron chi connectivity index (χ0n) is 28.2. The van der Waals surface area contributed by atoms with Crippen molar-refractivity contribution in [2.45, 2.75) is 122 Å². The second kappa shape index (κ2) is 14.5. The molecule has 2 N–H and O–H groups in total. The van der Waals surface area contributed by atoms with E-state index in [1.165, 1.54) is 4.90 Å². The van der Waals surface area contributed by atoms with E-state index >= 15 is 0 Å². The van der Waals surface area contributed by atoms with Gasteiger partial charge in [-0.2, -0.15) is 0 Å². The number of benzene rings is 1. The number of Topliss-reactive ketones (excluding diaryl/α,β-unsaturated/α-hetero) is 1. The Morgan fingerprint density at radius 2 is 1.77 bits per heavy atom. The Bertz CT molecular complexity index is 1360. The minimum atomic E-state index is -0.918. The van der Waals surface area contributed by atoms with Crippen LogP contribution in [0.3, 0.4) is 0 Å². The first-order chi connectivity index (χ1) is 22.4. The van der Waals surface area contributed by atoms with Gasteiger partial charge in [0.05, 0.1) is 18.0 Å². The van der Waals surface area contributed by atoms with E-state index in [0.29, 0.717) is 38.9 Å². The Balaban J connectivity index is 1.38. The van der Waals surface area contributed by atoms with Crippen molar-refractivity contribution in [3.8, 4) is 0 Å². The molecule has 5 rings (SSSR count). The number of alkyl carbamates (subject to hydrolysis) is 1. The van der Waals surface area contributed by atoms with Crippen molar-refractivity contribution in [2.24, 2.45) is 11.3 Å². The van der Waals surface area contributed by atoms with Gasteiger partial charge in [-0.3, -0.25) is 19.3 Å². The molecule has 1 saturated carbocycles. The van der Waals surface area contributed by atoms with E-state index in [-0.39, 0.29) is 37.0 Å². The average molecular weight is 651 g/mol.